The van der Waals surface area contributed by atoms with Crippen molar-refractivity contribution in [3.63, 3.8) is 0 Å². The van der Waals surface area contributed by atoms with Gasteiger partial charge in [-0.05, 0) is 35.3 Å². The van der Waals surface area contributed by atoms with E-state index >= 15 is 0 Å². The first-order chi connectivity index (χ1) is 10.8. The Kier molecular flexibility index (Phi) is 2.47. The lowest BCUT2D eigenvalue weighted by Gasteiger charge is -2.31. The van der Waals surface area contributed by atoms with Crippen molar-refractivity contribution < 1.29 is 4.65 Å². The molecule has 2 nitrogen and oxygen atoms in total. The van der Waals surface area contributed by atoms with Crippen LogP contribution < -0.4 is 14.9 Å². The quantitative estimate of drug-likeness (QED) is 0.560. The summed E-state index contributed by atoms with van der Waals surface area (Å²) < 4.78 is 7.32. The lowest BCUT2D eigenvalue weighted by atomic mass is 9.65. The first kappa shape index (κ1) is 12.4. The molecule has 0 bridgehead atoms. The molecule has 0 atom stereocenters. The summed E-state index contributed by atoms with van der Waals surface area (Å²) >= 11 is 3.57. The Morgan fingerprint density at radius 1 is 0.818 bits per heavy atom. The molecule has 0 aromatic heterocycles. The van der Waals surface area contributed by atoms with Crippen LogP contribution in [0.2, 0.25) is 0 Å². The second-order valence-corrected chi connectivity index (χ2v) is 6.47. The zero-order valence-corrected chi connectivity index (χ0v) is 13.2. The minimum atomic E-state index is -0.0876. The van der Waals surface area contributed by atoms with Gasteiger partial charge in [-0.25, -0.2) is 0 Å². The maximum atomic E-state index is 6.25. The van der Waals surface area contributed by atoms with Gasteiger partial charge >= 0.3 is 7.05 Å². The van der Waals surface area contributed by atoms with Crippen molar-refractivity contribution in [2.24, 2.45) is 0 Å². The van der Waals surface area contributed by atoms with Gasteiger partial charge in [0.1, 0.15) is 5.75 Å². The molecule has 3 aromatic carbocycles. The third-order valence-corrected chi connectivity index (χ3v) is 4.83. The van der Waals surface area contributed by atoms with Gasteiger partial charge in [0.25, 0.3) is 0 Å². The fourth-order valence-corrected chi connectivity index (χ4v) is 3.75. The predicted octanol–water partition coefficient (Wildman–Crippen LogP) is 4.36. The number of anilines is 2. The summed E-state index contributed by atoms with van der Waals surface area (Å²) in [6, 6.07) is 23.2. The normalized spacial score (nSPS) is 13.9. The van der Waals surface area contributed by atoms with E-state index in [1.165, 1.54) is 22.3 Å². The van der Waals surface area contributed by atoms with Crippen molar-refractivity contribution in [3.05, 3.63) is 71.2 Å². The lowest BCUT2D eigenvalue weighted by molar-refractivity contribution is 0.603. The van der Waals surface area contributed by atoms with E-state index in [0.717, 1.165) is 15.9 Å². The van der Waals surface area contributed by atoms with Crippen LogP contribution in [0.25, 0.3) is 11.1 Å². The highest BCUT2D eigenvalue weighted by molar-refractivity contribution is 9.10. The average molecular weight is 348 g/mol. The van der Waals surface area contributed by atoms with Crippen LogP contribution >= 0.6 is 15.9 Å². The van der Waals surface area contributed by atoms with E-state index in [1.54, 1.807) is 0 Å². The number of halogens is 1. The molecule has 0 fully saturated rings. The lowest BCUT2D eigenvalue weighted by Crippen LogP contribution is -2.50. The molecule has 0 spiro atoms. The maximum Gasteiger partial charge on any atom is 0.524 e. The van der Waals surface area contributed by atoms with Crippen molar-refractivity contribution in [2.75, 3.05) is 4.81 Å². The second-order valence-electron chi connectivity index (χ2n) is 5.56. The van der Waals surface area contributed by atoms with Crippen LogP contribution in [0.15, 0.2) is 71.2 Å². The summed E-state index contributed by atoms with van der Waals surface area (Å²) in [6.07, 6.45) is 0. The van der Waals surface area contributed by atoms with Crippen LogP contribution in [0.3, 0.4) is 0 Å². The minimum Gasteiger partial charge on any atom is -0.536 e. The Hall–Kier alpha value is -2.20. The summed E-state index contributed by atoms with van der Waals surface area (Å²) in [5, 5.41) is 0. The summed E-state index contributed by atoms with van der Waals surface area (Å²) in [4.78, 5) is 2.29. The molecule has 3 aromatic rings. The Bertz CT molecular complexity index is 911. The van der Waals surface area contributed by atoms with Gasteiger partial charge in [0.15, 0.2) is 0 Å². The predicted molar refractivity (Wildman–Crippen MR) is 94.2 cm³/mol. The number of hydrogen-bond acceptors (Lipinski definition) is 2. The number of fused-ring (bicyclic) bond motifs is 8. The fourth-order valence-electron chi connectivity index (χ4n) is 3.41. The van der Waals surface area contributed by atoms with Crippen LogP contribution in [0, 0.1) is 0 Å². The number of nitrogens with zero attached hydrogens (tertiary/aromatic N) is 1. The van der Waals surface area contributed by atoms with E-state index in [0.29, 0.717) is 0 Å². The highest BCUT2D eigenvalue weighted by Crippen LogP contribution is 2.47. The van der Waals surface area contributed by atoms with Crippen LogP contribution in [0.5, 0.6) is 5.75 Å². The van der Waals surface area contributed by atoms with Gasteiger partial charge in [-0.3, -0.25) is 0 Å². The molecule has 0 unspecified atom stereocenters. The van der Waals surface area contributed by atoms with Crippen molar-refractivity contribution in [1.29, 1.82) is 0 Å². The van der Waals surface area contributed by atoms with Gasteiger partial charge < -0.3 is 9.47 Å². The summed E-state index contributed by atoms with van der Waals surface area (Å²) in [5.41, 5.74) is 6.04. The molecule has 2 aliphatic heterocycles. The van der Waals surface area contributed by atoms with E-state index < -0.39 is 0 Å². The first-order valence-electron chi connectivity index (χ1n) is 7.27. The van der Waals surface area contributed by atoms with E-state index in [4.69, 9.17) is 4.65 Å². The van der Waals surface area contributed by atoms with Gasteiger partial charge in [0, 0.05) is 15.7 Å². The molecule has 0 aliphatic carbocycles. The van der Waals surface area contributed by atoms with E-state index in [1.807, 2.05) is 12.1 Å². The largest absolute Gasteiger partial charge is 0.536 e. The topological polar surface area (TPSA) is 12.5 Å². The molecule has 0 amide bonds. The van der Waals surface area contributed by atoms with E-state index in [9.17, 15) is 0 Å². The maximum absolute atomic E-state index is 6.25. The molecule has 104 valence electrons. The number of benzene rings is 3. The third-order valence-electron chi connectivity index (χ3n) is 4.33. The van der Waals surface area contributed by atoms with Gasteiger partial charge in [-0.1, -0.05) is 58.4 Å². The van der Waals surface area contributed by atoms with Crippen molar-refractivity contribution >= 4 is 39.8 Å². The molecular formula is C18H11BBrNO. The molecule has 0 N–H and O–H groups in total. The fraction of sp³-hybridized carbons (Fsp3) is 0. The van der Waals surface area contributed by atoms with Crippen LogP contribution in [0.4, 0.5) is 11.4 Å². The summed E-state index contributed by atoms with van der Waals surface area (Å²) in [7, 11) is -0.0876. The van der Waals surface area contributed by atoms with Gasteiger partial charge in [0.05, 0.1) is 5.69 Å². The molecule has 0 saturated heterocycles. The Morgan fingerprint density at radius 2 is 1.59 bits per heavy atom. The number of hydrogen-bond donors (Lipinski definition) is 0. The van der Waals surface area contributed by atoms with Crippen molar-refractivity contribution in [1.82, 2.24) is 0 Å². The van der Waals surface area contributed by atoms with Crippen LogP contribution in [-0.2, 0) is 0 Å². The highest BCUT2D eigenvalue weighted by atomic mass is 79.9. The molecule has 0 saturated carbocycles. The zero-order valence-electron chi connectivity index (χ0n) is 11.7. The van der Waals surface area contributed by atoms with Crippen LogP contribution in [-0.4, -0.2) is 7.05 Å². The van der Waals surface area contributed by atoms with E-state index in [2.05, 4.69) is 75.3 Å². The molecule has 0 radical (unpaired) electrons. The third kappa shape index (κ3) is 1.56. The zero-order chi connectivity index (χ0) is 14.7. The first-order valence-corrected chi connectivity index (χ1v) is 8.06. The average Bonchev–Trinajstić information content (AvgIpc) is 2.94. The highest BCUT2D eigenvalue weighted by Gasteiger charge is 2.44. The molecule has 5 rings (SSSR count). The number of rotatable bonds is 0. The Balaban J connectivity index is 1.84. The second kappa shape index (κ2) is 4.40. The summed E-state index contributed by atoms with van der Waals surface area (Å²) in [6.45, 7) is 0. The number of para-hydroxylation sites is 1. The summed E-state index contributed by atoms with van der Waals surface area (Å²) in [5.74, 6) is 0.930. The SMILES string of the molecule is Brc1ccc2c(c1)N1B(O2)c2ccccc2-c2ccccc21. The monoisotopic (exact) mass is 347 g/mol. The van der Waals surface area contributed by atoms with Gasteiger partial charge in [0.2, 0.25) is 0 Å². The smallest absolute Gasteiger partial charge is 0.524 e. The molecule has 22 heavy (non-hydrogen) atoms. The Labute approximate surface area is 137 Å². The molecular weight excluding hydrogens is 337 g/mol. The molecule has 4 heteroatoms. The molecule has 2 heterocycles. The van der Waals surface area contributed by atoms with Crippen molar-refractivity contribution in [3.8, 4) is 16.9 Å². The van der Waals surface area contributed by atoms with Gasteiger partial charge in [-0.15, -0.1) is 0 Å². The minimum absolute atomic E-state index is 0.0876. The van der Waals surface area contributed by atoms with E-state index in [-0.39, 0.29) is 7.05 Å². The standard InChI is InChI=1S/C18H11BBrNO/c20-12-9-10-18-17(11-12)21-16-8-4-2-6-14(16)13-5-1-3-7-15(13)19(21)22-18/h1-11H. The molecule has 2 aliphatic rings. The van der Waals surface area contributed by atoms with Gasteiger partial charge in [-0.2, -0.15) is 0 Å². The van der Waals surface area contributed by atoms with Crippen molar-refractivity contribution in [2.45, 2.75) is 0 Å². The van der Waals surface area contributed by atoms with Crippen LogP contribution in [0.1, 0.15) is 0 Å². The Morgan fingerprint density at radius 3 is 2.50 bits per heavy atom.